The Hall–Kier alpha value is -2.70. The third kappa shape index (κ3) is 4.68. The number of H-pyrrole nitrogens is 1. The molecule has 2 fully saturated rings. The quantitative estimate of drug-likeness (QED) is 0.586. The molecule has 2 atom stereocenters. The first-order chi connectivity index (χ1) is 16.2. The molecule has 2 aromatic heterocycles. The lowest BCUT2D eigenvalue weighted by atomic mass is 9.88. The summed E-state index contributed by atoms with van der Waals surface area (Å²) in [7, 11) is 0. The molecule has 174 valence electrons. The van der Waals surface area contributed by atoms with E-state index in [2.05, 4.69) is 51.4 Å². The van der Waals surface area contributed by atoms with Crippen molar-refractivity contribution in [2.24, 2.45) is 5.92 Å². The highest BCUT2D eigenvalue weighted by Crippen LogP contribution is 2.32. The number of aromatic nitrogens is 2. The molecule has 2 aliphatic rings. The highest BCUT2D eigenvalue weighted by Gasteiger charge is 2.33. The van der Waals surface area contributed by atoms with Crippen molar-refractivity contribution in [3.05, 3.63) is 60.4 Å². The van der Waals surface area contributed by atoms with Gasteiger partial charge in [0.2, 0.25) is 5.91 Å². The number of anilines is 1. The van der Waals surface area contributed by atoms with Gasteiger partial charge in [0.1, 0.15) is 5.82 Å². The Labute approximate surface area is 196 Å². The Balaban J connectivity index is 1.41. The van der Waals surface area contributed by atoms with Crippen molar-refractivity contribution in [1.29, 1.82) is 0 Å². The zero-order chi connectivity index (χ0) is 22.6. The first kappa shape index (κ1) is 22.1. The van der Waals surface area contributed by atoms with Crippen molar-refractivity contribution in [2.45, 2.75) is 51.1 Å². The van der Waals surface area contributed by atoms with E-state index in [9.17, 15) is 4.79 Å². The second kappa shape index (κ2) is 10.1. The van der Waals surface area contributed by atoms with Crippen LogP contribution in [0.1, 0.15) is 50.6 Å². The van der Waals surface area contributed by atoms with Crippen molar-refractivity contribution in [1.82, 2.24) is 20.2 Å². The number of aromatic amines is 1. The van der Waals surface area contributed by atoms with Crippen LogP contribution >= 0.6 is 0 Å². The number of carbonyl (C=O) groups is 1. The summed E-state index contributed by atoms with van der Waals surface area (Å²) < 4.78 is 0. The zero-order valence-electron chi connectivity index (χ0n) is 19.5. The third-order valence-corrected chi connectivity index (χ3v) is 7.43. The summed E-state index contributed by atoms with van der Waals surface area (Å²) in [5.41, 5.74) is 2.52. The van der Waals surface area contributed by atoms with Crippen LogP contribution in [0.3, 0.4) is 0 Å². The van der Waals surface area contributed by atoms with Crippen LogP contribution in [0.15, 0.2) is 54.9 Å². The van der Waals surface area contributed by atoms with Gasteiger partial charge in [0, 0.05) is 67.5 Å². The van der Waals surface area contributed by atoms with E-state index in [4.69, 9.17) is 0 Å². The van der Waals surface area contributed by atoms with E-state index in [-0.39, 0.29) is 23.9 Å². The standard InChI is InChI=1S/C27H35N5O/c1-20(19-32(26-12-5-6-14-30-26)27(33)21-8-3-2-4-9-21)31-17-16-28-18-25(31)23-10-7-11-24-22(23)13-15-29-24/h5-7,10-15,20-21,25,28-29H,2-4,8-9,16-19H2,1H3/t20?,25-/m0/s1. The number of fused-ring (bicyclic) bond motifs is 1. The maximum absolute atomic E-state index is 13.7. The molecule has 6 nitrogen and oxygen atoms in total. The number of nitrogens with one attached hydrogen (secondary N) is 2. The van der Waals surface area contributed by atoms with Gasteiger partial charge in [-0.05, 0) is 49.6 Å². The molecule has 1 aliphatic heterocycles. The summed E-state index contributed by atoms with van der Waals surface area (Å²) in [6.07, 6.45) is 9.37. The minimum atomic E-state index is 0.125. The fourth-order valence-electron chi connectivity index (χ4n) is 5.69. The minimum Gasteiger partial charge on any atom is -0.361 e. The fraction of sp³-hybridized carbons (Fsp3) is 0.481. The Kier molecular flexibility index (Phi) is 6.74. The molecular weight excluding hydrogens is 410 g/mol. The van der Waals surface area contributed by atoms with E-state index in [0.29, 0.717) is 6.54 Å². The van der Waals surface area contributed by atoms with Crippen LogP contribution in [0.2, 0.25) is 0 Å². The SMILES string of the molecule is CC(CN(C(=O)C1CCCCC1)c1ccccn1)N1CCNC[C@H]1c1cccc2[nH]ccc12. The lowest BCUT2D eigenvalue weighted by Crippen LogP contribution is -2.54. The molecule has 2 N–H and O–H groups in total. The van der Waals surface area contributed by atoms with Crippen molar-refractivity contribution in [3.63, 3.8) is 0 Å². The molecule has 5 rings (SSSR count). The second-order valence-electron chi connectivity index (χ2n) is 9.56. The Morgan fingerprint density at radius 2 is 2.03 bits per heavy atom. The van der Waals surface area contributed by atoms with Crippen molar-refractivity contribution >= 4 is 22.6 Å². The highest BCUT2D eigenvalue weighted by atomic mass is 16.2. The Morgan fingerprint density at radius 1 is 1.15 bits per heavy atom. The summed E-state index contributed by atoms with van der Waals surface area (Å²) in [5, 5.41) is 4.87. The highest BCUT2D eigenvalue weighted by molar-refractivity contribution is 5.94. The Bertz CT molecular complexity index is 1060. The van der Waals surface area contributed by atoms with Gasteiger partial charge < -0.3 is 10.3 Å². The van der Waals surface area contributed by atoms with E-state index in [1.54, 1.807) is 6.20 Å². The normalized spacial score (nSPS) is 21.2. The molecule has 6 heteroatoms. The van der Waals surface area contributed by atoms with Crippen LogP contribution in [0.4, 0.5) is 5.82 Å². The fourth-order valence-corrected chi connectivity index (χ4v) is 5.69. The number of amides is 1. The molecule has 1 aliphatic carbocycles. The molecule has 1 saturated carbocycles. The number of piperazine rings is 1. The molecule has 1 amide bonds. The van der Waals surface area contributed by atoms with Crippen LogP contribution in [0.5, 0.6) is 0 Å². The molecule has 0 spiro atoms. The number of pyridine rings is 1. The van der Waals surface area contributed by atoms with Crippen LogP contribution < -0.4 is 10.2 Å². The number of benzene rings is 1. The van der Waals surface area contributed by atoms with E-state index in [1.807, 2.05) is 29.3 Å². The first-order valence-electron chi connectivity index (χ1n) is 12.5. The number of rotatable bonds is 6. The number of hydrogen-bond acceptors (Lipinski definition) is 4. The smallest absolute Gasteiger partial charge is 0.231 e. The van der Waals surface area contributed by atoms with Gasteiger partial charge in [-0.2, -0.15) is 0 Å². The monoisotopic (exact) mass is 445 g/mol. The predicted octanol–water partition coefficient (Wildman–Crippen LogP) is 4.51. The summed E-state index contributed by atoms with van der Waals surface area (Å²) in [4.78, 5) is 26.1. The average Bonchev–Trinajstić information content (AvgIpc) is 3.37. The average molecular weight is 446 g/mol. The summed E-state index contributed by atoms with van der Waals surface area (Å²) in [6, 6.07) is 15.0. The molecular formula is C27H35N5O. The maximum Gasteiger partial charge on any atom is 0.231 e. The third-order valence-electron chi connectivity index (χ3n) is 7.43. The van der Waals surface area contributed by atoms with Gasteiger partial charge in [0.15, 0.2) is 0 Å². The first-order valence-corrected chi connectivity index (χ1v) is 12.5. The molecule has 3 aromatic rings. The van der Waals surface area contributed by atoms with E-state index >= 15 is 0 Å². The molecule has 0 bridgehead atoms. The van der Waals surface area contributed by atoms with Crippen molar-refractivity contribution < 1.29 is 4.79 Å². The van der Waals surface area contributed by atoms with Crippen LogP contribution in [-0.2, 0) is 4.79 Å². The summed E-state index contributed by atoms with van der Waals surface area (Å²) >= 11 is 0. The van der Waals surface area contributed by atoms with Crippen molar-refractivity contribution in [3.8, 4) is 0 Å². The maximum atomic E-state index is 13.7. The van der Waals surface area contributed by atoms with Gasteiger partial charge in [-0.25, -0.2) is 4.98 Å². The van der Waals surface area contributed by atoms with Gasteiger partial charge >= 0.3 is 0 Å². The largest absolute Gasteiger partial charge is 0.361 e. The lowest BCUT2D eigenvalue weighted by Gasteiger charge is -2.42. The molecule has 1 unspecified atom stereocenters. The topological polar surface area (TPSA) is 64.3 Å². The zero-order valence-corrected chi connectivity index (χ0v) is 19.5. The lowest BCUT2D eigenvalue weighted by molar-refractivity contribution is -0.123. The van der Waals surface area contributed by atoms with E-state index in [1.165, 1.54) is 22.9 Å². The van der Waals surface area contributed by atoms with E-state index in [0.717, 1.165) is 51.1 Å². The summed E-state index contributed by atoms with van der Waals surface area (Å²) in [5.74, 6) is 1.15. The molecule has 0 radical (unpaired) electrons. The van der Waals surface area contributed by atoms with Gasteiger partial charge in [0.05, 0.1) is 0 Å². The van der Waals surface area contributed by atoms with Crippen LogP contribution in [-0.4, -0.2) is 53.0 Å². The molecule has 33 heavy (non-hydrogen) atoms. The summed E-state index contributed by atoms with van der Waals surface area (Å²) in [6.45, 7) is 5.75. The van der Waals surface area contributed by atoms with Crippen LogP contribution in [0.25, 0.3) is 10.9 Å². The van der Waals surface area contributed by atoms with Gasteiger partial charge in [0.25, 0.3) is 0 Å². The molecule has 3 heterocycles. The predicted molar refractivity (Wildman–Crippen MR) is 133 cm³/mol. The number of hydrogen-bond donors (Lipinski definition) is 2. The number of carbonyl (C=O) groups excluding carboxylic acids is 1. The molecule has 1 aromatic carbocycles. The van der Waals surface area contributed by atoms with Gasteiger partial charge in [-0.15, -0.1) is 0 Å². The second-order valence-corrected chi connectivity index (χ2v) is 9.56. The van der Waals surface area contributed by atoms with Crippen LogP contribution in [0, 0.1) is 5.92 Å². The van der Waals surface area contributed by atoms with Gasteiger partial charge in [-0.1, -0.05) is 37.5 Å². The number of nitrogens with zero attached hydrogens (tertiary/aromatic N) is 3. The Morgan fingerprint density at radius 3 is 2.85 bits per heavy atom. The van der Waals surface area contributed by atoms with Gasteiger partial charge in [-0.3, -0.25) is 14.6 Å². The molecule has 1 saturated heterocycles. The van der Waals surface area contributed by atoms with Crippen molar-refractivity contribution in [2.75, 3.05) is 31.1 Å². The minimum absolute atomic E-state index is 0.125. The van der Waals surface area contributed by atoms with E-state index < -0.39 is 0 Å².